The summed E-state index contributed by atoms with van der Waals surface area (Å²) in [6, 6.07) is 59.1. The van der Waals surface area contributed by atoms with Crippen molar-refractivity contribution in [2.75, 3.05) is 0 Å². The Labute approximate surface area is 757 Å². The van der Waals surface area contributed by atoms with Gasteiger partial charge in [-0.15, -0.1) is 0 Å². The molecule has 0 bridgehead atoms. The van der Waals surface area contributed by atoms with Gasteiger partial charge in [-0.3, -0.25) is 34.9 Å². The van der Waals surface area contributed by atoms with Gasteiger partial charge in [0.25, 0.3) is 0 Å². The van der Waals surface area contributed by atoms with Crippen LogP contribution < -0.4 is 0 Å². The zero-order valence-electron chi connectivity index (χ0n) is 73.8. The van der Waals surface area contributed by atoms with Gasteiger partial charge in [0.1, 0.15) is 51.9 Å². The largest absolute Gasteiger partial charge is 0.376 e. The molecule has 4 saturated carbocycles. The second-order valence-electron chi connectivity index (χ2n) is 34.9. The van der Waals surface area contributed by atoms with Crippen LogP contribution in [0.2, 0.25) is 0 Å². The molecule has 5 aromatic carbocycles. The van der Waals surface area contributed by atoms with Crippen LogP contribution in [-0.2, 0) is 22.4 Å². The van der Waals surface area contributed by atoms with Crippen molar-refractivity contribution in [3.63, 3.8) is 0 Å². The number of aryl methyl sites for hydroxylation is 8. The van der Waals surface area contributed by atoms with E-state index >= 15 is 0 Å². The molecule has 656 valence electrons. The van der Waals surface area contributed by atoms with Crippen LogP contribution in [0.4, 0.5) is 0 Å². The van der Waals surface area contributed by atoms with Gasteiger partial charge in [-0.05, 0) is 250 Å². The summed E-state index contributed by atoms with van der Waals surface area (Å²) in [4.78, 5) is 64.9. The Hall–Kier alpha value is -15.3. The predicted molar refractivity (Wildman–Crippen MR) is 497 cm³/mol. The van der Waals surface area contributed by atoms with Gasteiger partial charge in [0, 0.05) is 147 Å². The van der Waals surface area contributed by atoms with E-state index in [4.69, 9.17) is 38.0 Å². The Kier molecular flexibility index (Phi) is 21.3. The molecule has 15 heterocycles. The van der Waals surface area contributed by atoms with Crippen LogP contribution in [0.1, 0.15) is 211 Å². The van der Waals surface area contributed by atoms with Gasteiger partial charge < -0.3 is 58.5 Å². The number of fused-ring (bicyclic) bond motifs is 4. The Bertz CT molecular complexity index is 6470. The van der Waals surface area contributed by atoms with Crippen LogP contribution in [0, 0.1) is 55.4 Å². The highest BCUT2D eigenvalue weighted by Crippen LogP contribution is 2.51. The molecule has 24 rings (SSSR count). The fourth-order valence-corrected chi connectivity index (χ4v) is 18.5. The zero-order chi connectivity index (χ0) is 90.3. The van der Waals surface area contributed by atoms with Crippen molar-refractivity contribution >= 4 is 44.1 Å². The summed E-state index contributed by atoms with van der Waals surface area (Å²) in [5, 5.41) is 66.4. The second kappa shape index (κ2) is 33.7. The van der Waals surface area contributed by atoms with Crippen LogP contribution in [0.3, 0.4) is 0 Å². The minimum atomic E-state index is -1.61. The van der Waals surface area contributed by atoms with Gasteiger partial charge in [0.05, 0.1) is 89.7 Å². The summed E-state index contributed by atoms with van der Waals surface area (Å²) in [5.74, 6) is 8.52. The van der Waals surface area contributed by atoms with Gasteiger partial charge in [-0.1, -0.05) is 93.4 Å². The molecule has 20 aromatic rings. The van der Waals surface area contributed by atoms with Crippen LogP contribution in [0.25, 0.3) is 88.6 Å². The van der Waals surface area contributed by atoms with E-state index in [0.717, 1.165) is 209 Å². The lowest BCUT2D eigenvalue weighted by Crippen LogP contribution is -2.31. The summed E-state index contributed by atoms with van der Waals surface area (Å²) in [5.41, 5.74) is 18.0. The van der Waals surface area contributed by atoms with E-state index < -0.39 is 22.4 Å². The normalized spacial score (nSPS) is 14.9. The van der Waals surface area contributed by atoms with Crippen molar-refractivity contribution in [3.8, 4) is 44.5 Å². The molecule has 4 aliphatic rings. The fourth-order valence-electron chi connectivity index (χ4n) is 18.5. The third-order valence-corrected chi connectivity index (χ3v) is 25.7. The standard InChI is InChI=1S/C27H24N4O2.3C26H23N5O2/c1-16-24(17(2)33-31-16)19-14-21(25-22(15-19)29-26(30-25)18-11-12-18)27(32,20-8-4-3-5-9-20)23-10-6-7-13-28-23;1-15-23(16(2)33-31-15)18-11-21(24-22(12-18)29-25(30-24)17-7-8-17)26(32,19-5-3-9-27-13-19)20-6-4-10-28-14-20;1-15-23(16(2)33-31-15)18-13-19(24-20(14-18)29-25(30-24)17-9-10-17)26(32,21-7-3-5-11-27-21)22-8-4-6-12-28-22;1-15-23(16(2)33-31-15)18-12-20(24-21(13-18)29-25(30-24)17-8-9-17)26(32,19-6-5-10-27-14-19)22-7-3-4-11-28-22/h3-10,13-15,18,32H,11-12H2,1-2H3,(H,29,30);3-6,9-14,17,32H,7-8H2,1-2H3,(H,29,30);3-8,11-14,17,32H,9-10H2,1-2H3,(H,29,30);3-7,10-14,17,32H,8-9H2,1-2H3,(H,29,30). The molecule has 8 N–H and O–H groups in total. The smallest absolute Gasteiger partial charge is 0.176 e. The van der Waals surface area contributed by atoms with Crippen LogP contribution >= 0.6 is 0 Å². The lowest BCUT2D eigenvalue weighted by atomic mass is 9.80. The van der Waals surface area contributed by atoms with E-state index in [1.807, 2.05) is 219 Å². The van der Waals surface area contributed by atoms with E-state index in [2.05, 4.69) is 99.7 Å². The minimum Gasteiger partial charge on any atom is -0.376 e. The minimum absolute atomic E-state index is 0.436. The van der Waals surface area contributed by atoms with E-state index in [0.29, 0.717) is 90.9 Å². The Balaban J connectivity index is 0.000000106. The summed E-state index contributed by atoms with van der Waals surface area (Å²) < 4.78 is 21.8. The Morgan fingerprint density at radius 1 is 0.273 bits per heavy atom. The number of benzene rings is 5. The molecule has 0 radical (unpaired) electrons. The summed E-state index contributed by atoms with van der Waals surface area (Å²) in [6.45, 7) is 15.3. The van der Waals surface area contributed by atoms with E-state index in [9.17, 15) is 20.4 Å². The van der Waals surface area contributed by atoms with Crippen LogP contribution in [0.5, 0.6) is 0 Å². The monoisotopic (exact) mass is 1750 g/mol. The quantitative estimate of drug-likeness (QED) is 0.0351. The molecular formula is C105H93N19O8. The maximum atomic E-state index is 12.5. The average molecular weight is 1750 g/mol. The molecule has 2 atom stereocenters. The van der Waals surface area contributed by atoms with Crippen molar-refractivity contribution in [1.29, 1.82) is 0 Å². The van der Waals surface area contributed by atoms with Gasteiger partial charge in [-0.25, -0.2) is 19.9 Å². The molecule has 0 saturated heterocycles. The zero-order valence-corrected chi connectivity index (χ0v) is 73.8. The van der Waals surface area contributed by atoms with Crippen LogP contribution in [0.15, 0.2) is 268 Å². The number of aromatic nitrogens is 19. The summed E-state index contributed by atoms with van der Waals surface area (Å²) in [7, 11) is 0. The number of pyridine rings is 7. The highest BCUT2D eigenvalue weighted by Gasteiger charge is 2.45. The summed E-state index contributed by atoms with van der Waals surface area (Å²) in [6.07, 6.45) is 25.9. The third-order valence-electron chi connectivity index (χ3n) is 25.7. The molecule has 4 fully saturated rings. The number of rotatable bonds is 20. The number of nitrogens with one attached hydrogen (secondary N) is 4. The second-order valence-corrected chi connectivity index (χ2v) is 34.9. The predicted octanol–water partition coefficient (Wildman–Crippen LogP) is 19.8. The molecule has 2 unspecified atom stereocenters. The number of nitrogens with zero attached hydrogens (tertiary/aromatic N) is 15. The maximum Gasteiger partial charge on any atom is 0.176 e. The first-order valence-corrected chi connectivity index (χ1v) is 44.4. The van der Waals surface area contributed by atoms with Crippen LogP contribution in [-0.4, -0.2) is 116 Å². The van der Waals surface area contributed by atoms with Gasteiger partial charge >= 0.3 is 0 Å². The summed E-state index contributed by atoms with van der Waals surface area (Å²) >= 11 is 0. The number of hydrogen-bond acceptors (Lipinski definition) is 23. The number of aromatic amines is 4. The molecule has 27 nitrogen and oxygen atoms in total. The number of aliphatic hydroxyl groups is 4. The van der Waals surface area contributed by atoms with Crippen molar-refractivity contribution in [3.05, 3.63) is 386 Å². The van der Waals surface area contributed by atoms with Crippen molar-refractivity contribution in [2.24, 2.45) is 0 Å². The first kappa shape index (κ1) is 83.6. The average Bonchev–Trinajstić information content (AvgIpc) is 1.51. The Morgan fingerprint density at radius 3 is 0.773 bits per heavy atom. The SMILES string of the molecule is Cc1noc(C)c1-c1cc(C(O)(c2ccccc2)c2ccccn2)c2nc(C3CC3)[nH]c2c1.Cc1noc(C)c1-c1cc(C(O)(c2ccccn2)c2ccccn2)c2nc(C3CC3)[nH]c2c1.Cc1noc(C)c1-c1cc(C(O)(c2cccnc2)c2ccccn2)c2nc(C3CC3)[nH]c2c1.Cc1noc(C)c1-c1cc(C(O)(c2cccnc2)c2cccnc2)c2nc(C3CC3)[nH]c2c1. The molecular weight excluding hydrogens is 1660 g/mol. The number of H-pyrrole nitrogens is 4. The van der Waals surface area contributed by atoms with Crippen molar-refractivity contribution in [1.82, 2.24) is 95.4 Å². The van der Waals surface area contributed by atoms with E-state index in [1.54, 1.807) is 62.0 Å². The van der Waals surface area contributed by atoms with Crippen molar-refractivity contribution < 1.29 is 38.5 Å². The third kappa shape index (κ3) is 15.2. The van der Waals surface area contributed by atoms with Gasteiger partial charge in [-0.2, -0.15) is 0 Å². The van der Waals surface area contributed by atoms with E-state index in [1.165, 1.54) is 0 Å². The maximum absolute atomic E-state index is 12.5. The molecule has 4 aliphatic carbocycles. The first-order valence-electron chi connectivity index (χ1n) is 44.4. The van der Waals surface area contributed by atoms with Gasteiger partial charge in [0.2, 0.25) is 0 Å². The van der Waals surface area contributed by atoms with Gasteiger partial charge in [0.15, 0.2) is 16.8 Å². The molecule has 0 spiro atoms. The highest BCUT2D eigenvalue weighted by atomic mass is 16.5. The number of imidazole rings is 4. The lowest BCUT2D eigenvalue weighted by molar-refractivity contribution is 0.117. The number of hydrogen-bond donors (Lipinski definition) is 8. The molecule has 0 aliphatic heterocycles. The molecule has 27 heteroatoms. The first-order chi connectivity index (χ1) is 64.2. The molecule has 15 aromatic heterocycles. The lowest BCUT2D eigenvalue weighted by Gasteiger charge is -2.30. The highest BCUT2D eigenvalue weighted by molar-refractivity contribution is 5.92. The molecule has 132 heavy (non-hydrogen) atoms. The van der Waals surface area contributed by atoms with Crippen molar-refractivity contribution in [2.45, 2.75) is 153 Å². The molecule has 0 amide bonds. The Morgan fingerprint density at radius 2 is 0.523 bits per heavy atom. The fraction of sp³-hybridized carbons (Fsp3) is 0.229. The van der Waals surface area contributed by atoms with E-state index in [-0.39, 0.29) is 0 Å². The topological polar surface area (TPSA) is 390 Å².